The minimum absolute atomic E-state index is 0.170. The van der Waals surface area contributed by atoms with Gasteiger partial charge in [-0.15, -0.1) is 0 Å². The first-order valence-corrected chi connectivity index (χ1v) is 9.05. The van der Waals surface area contributed by atoms with E-state index < -0.39 is 17.9 Å². The summed E-state index contributed by atoms with van der Waals surface area (Å²) in [4.78, 5) is 26.7. The number of aliphatic hydroxyl groups excluding tert-OH is 1. The zero-order valence-corrected chi connectivity index (χ0v) is 16.4. The predicted molar refractivity (Wildman–Crippen MR) is 101 cm³/mol. The molecule has 9 nitrogen and oxygen atoms in total. The summed E-state index contributed by atoms with van der Waals surface area (Å²) in [5.41, 5.74) is 3.76. The summed E-state index contributed by atoms with van der Waals surface area (Å²) in [5.74, 6) is -1.80. The molecule has 1 aliphatic heterocycles. The summed E-state index contributed by atoms with van der Waals surface area (Å²) in [5, 5.41) is 25.9. The SMILES string of the molecule is CC(C)(C)OC(=O)[C@@H]1CC[C@@H](NOCc2ccccc2)CN1.O=C(O)C(O)O. The third-order valence-corrected chi connectivity index (χ3v) is 3.66. The van der Waals surface area contributed by atoms with Crippen molar-refractivity contribution >= 4 is 11.9 Å². The molecule has 28 heavy (non-hydrogen) atoms. The number of carbonyl (C=O) groups excluding carboxylic acids is 1. The Morgan fingerprint density at radius 1 is 1.21 bits per heavy atom. The van der Waals surface area contributed by atoms with Gasteiger partial charge in [0.25, 0.3) is 6.29 Å². The van der Waals surface area contributed by atoms with Crippen LogP contribution in [0.3, 0.4) is 0 Å². The molecule has 0 unspecified atom stereocenters. The predicted octanol–water partition coefficient (Wildman–Crippen LogP) is 0.552. The number of hydrogen-bond donors (Lipinski definition) is 5. The van der Waals surface area contributed by atoms with Crippen molar-refractivity contribution < 1.29 is 34.5 Å². The van der Waals surface area contributed by atoms with Gasteiger partial charge in [0.1, 0.15) is 11.6 Å². The molecule has 0 amide bonds. The van der Waals surface area contributed by atoms with Gasteiger partial charge in [0.05, 0.1) is 6.61 Å². The van der Waals surface area contributed by atoms with Crippen LogP contribution >= 0.6 is 0 Å². The lowest BCUT2D eigenvalue weighted by molar-refractivity contribution is -0.166. The van der Waals surface area contributed by atoms with Crippen LogP contribution in [0.25, 0.3) is 0 Å². The minimum Gasteiger partial charge on any atom is -0.477 e. The molecule has 1 saturated heterocycles. The molecule has 1 aliphatic rings. The van der Waals surface area contributed by atoms with E-state index >= 15 is 0 Å². The molecule has 0 radical (unpaired) electrons. The monoisotopic (exact) mass is 398 g/mol. The molecule has 0 bridgehead atoms. The maximum absolute atomic E-state index is 12.0. The van der Waals surface area contributed by atoms with Crippen molar-refractivity contribution in [2.45, 2.75) is 64.2 Å². The van der Waals surface area contributed by atoms with Crippen molar-refractivity contribution in [1.29, 1.82) is 0 Å². The van der Waals surface area contributed by atoms with Crippen molar-refractivity contribution in [3.05, 3.63) is 35.9 Å². The first kappa shape index (κ1) is 24.0. The van der Waals surface area contributed by atoms with Crippen molar-refractivity contribution in [2.24, 2.45) is 0 Å². The fourth-order valence-corrected chi connectivity index (χ4v) is 2.35. The minimum atomic E-state index is -2.23. The van der Waals surface area contributed by atoms with Crippen molar-refractivity contribution in [2.75, 3.05) is 6.54 Å². The maximum atomic E-state index is 12.0. The molecule has 0 aliphatic carbocycles. The highest BCUT2D eigenvalue weighted by Gasteiger charge is 2.29. The molecule has 1 aromatic rings. The molecule has 2 atom stereocenters. The molecular weight excluding hydrogens is 368 g/mol. The first-order chi connectivity index (χ1) is 13.1. The highest BCUT2D eigenvalue weighted by Crippen LogP contribution is 2.14. The van der Waals surface area contributed by atoms with Crippen molar-refractivity contribution in [3.63, 3.8) is 0 Å². The molecule has 158 valence electrons. The van der Waals surface area contributed by atoms with Gasteiger partial charge >= 0.3 is 11.9 Å². The number of carboxylic acid groups (broad SMARTS) is 1. The van der Waals surface area contributed by atoms with Crippen LogP contribution in [0.1, 0.15) is 39.2 Å². The van der Waals surface area contributed by atoms with E-state index in [1.807, 2.05) is 51.1 Å². The molecule has 9 heteroatoms. The largest absolute Gasteiger partial charge is 0.477 e. The number of aliphatic hydroxyl groups is 2. The summed E-state index contributed by atoms with van der Waals surface area (Å²) < 4.78 is 5.40. The van der Waals surface area contributed by atoms with Gasteiger partial charge in [-0.05, 0) is 39.2 Å². The molecule has 1 fully saturated rings. The fraction of sp³-hybridized carbons (Fsp3) is 0.579. The van der Waals surface area contributed by atoms with Gasteiger partial charge in [-0.2, -0.15) is 5.48 Å². The van der Waals surface area contributed by atoms with Crippen LogP contribution in [-0.2, 0) is 25.8 Å². The number of esters is 1. The van der Waals surface area contributed by atoms with Crippen LogP contribution in [-0.4, -0.2) is 57.8 Å². The maximum Gasteiger partial charge on any atom is 0.360 e. The standard InChI is InChI=1S/C17H26N2O3.C2H4O4/c1-17(2,3)22-16(20)15-10-9-14(11-18-15)19-21-12-13-7-5-4-6-8-13;3-1(4)2(5)6/h4-8,14-15,18-19H,9-12H2,1-3H3;1,3-4H,(H,5,6)/t14-,15+;/m1./s1. The molecule has 1 heterocycles. The summed E-state index contributed by atoms with van der Waals surface area (Å²) >= 11 is 0. The normalized spacial score (nSPS) is 19.5. The second kappa shape index (κ2) is 11.7. The number of carbonyl (C=O) groups is 2. The average molecular weight is 398 g/mol. The van der Waals surface area contributed by atoms with E-state index in [0.717, 1.165) is 18.4 Å². The van der Waals surface area contributed by atoms with Gasteiger partial charge in [-0.1, -0.05) is 30.3 Å². The van der Waals surface area contributed by atoms with Gasteiger partial charge in [-0.25, -0.2) is 4.79 Å². The van der Waals surface area contributed by atoms with Crippen LogP contribution in [0, 0.1) is 0 Å². The van der Waals surface area contributed by atoms with E-state index in [4.69, 9.17) is 24.9 Å². The lowest BCUT2D eigenvalue weighted by Gasteiger charge is -2.31. The van der Waals surface area contributed by atoms with E-state index in [2.05, 4.69) is 10.8 Å². The summed E-state index contributed by atoms with van der Waals surface area (Å²) in [7, 11) is 0. The highest BCUT2D eigenvalue weighted by atomic mass is 16.6. The van der Waals surface area contributed by atoms with Crippen LogP contribution in [0.15, 0.2) is 30.3 Å². The lowest BCUT2D eigenvalue weighted by Crippen LogP contribution is -2.51. The highest BCUT2D eigenvalue weighted by molar-refractivity contribution is 5.76. The number of hydroxylamine groups is 1. The zero-order valence-electron chi connectivity index (χ0n) is 16.4. The summed E-state index contributed by atoms with van der Waals surface area (Å²) in [6, 6.07) is 10.0. The second-order valence-corrected chi connectivity index (χ2v) is 7.37. The van der Waals surface area contributed by atoms with E-state index in [1.54, 1.807) is 0 Å². The summed E-state index contributed by atoms with van der Waals surface area (Å²) in [6.07, 6.45) is -0.600. The second-order valence-electron chi connectivity index (χ2n) is 7.37. The fourth-order valence-electron chi connectivity index (χ4n) is 2.35. The Kier molecular flexibility index (Phi) is 10.0. The summed E-state index contributed by atoms with van der Waals surface area (Å²) in [6.45, 7) is 6.88. The number of rotatable bonds is 6. The van der Waals surface area contributed by atoms with E-state index in [-0.39, 0.29) is 18.1 Å². The molecule has 1 aromatic carbocycles. The van der Waals surface area contributed by atoms with Crippen LogP contribution in [0.5, 0.6) is 0 Å². The number of carboxylic acids is 1. The molecule has 2 rings (SSSR count). The number of benzene rings is 1. The Morgan fingerprint density at radius 2 is 1.82 bits per heavy atom. The van der Waals surface area contributed by atoms with E-state index in [9.17, 15) is 9.59 Å². The molecular formula is C19H30N2O7. The van der Waals surface area contributed by atoms with Gasteiger partial charge < -0.3 is 25.4 Å². The van der Waals surface area contributed by atoms with E-state index in [1.165, 1.54) is 0 Å². The third-order valence-electron chi connectivity index (χ3n) is 3.66. The Balaban J connectivity index is 0.000000568. The Morgan fingerprint density at radius 3 is 2.29 bits per heavy atom. The molecule has 5 N–H and O–H groups in total. The zero-order chi connectivity index (χ0) is 21.2. The Labute approximate surface area is 164 Å². The number of hydrogen-bond acceptors (Lipinski definition) is 8. The number of aliphatic carboxylic acids is 1. The topological polar surface area (TPSA) is 137 Å². The van der Waals surface area contributed by atoms with Crippen LogP contribution in [0.4, 0.5) is 0 Å². The van der Waals surface area contributed by atoms with Crippen LogP contribution in [0.2, 0.25) is 0 Å². The Hall–Kier alpha value is -2.04. The lowest BCUT2D eigenvalue weighted by atomic mass is 10.0. The smallest absolute Gasteiger partial charge is 0.360 e. The molecule has 0 saturated carbocycles. The number of ether oxygens (including phenoxy) is 1. The van der Waals surface area contributed by atoms with Gasteiger partial charge in [0.15, 0.2) is 0 Å². The molecule has 0 aromatic heterocycles. The third kappa shape index (κ3) is 10.3. The van der Waals surface area contributed by atoms with Crippen molar-refractivity contribution in [1.82, 2.24) is 10.8 Å². The average Bonchev–Trinajstić information content (AvgIpc) is 2.62. The number of nitrogens with one attached hydrogen (secondary N) is 2. The quantitative estimate of drug-likeness (QED) is 0.264. The Bertz CT molecular complexity index is 594. The molecule has 0 spiro atoms. The van der Waals surface area contributed by atoms with Crippen molar-refractivity contribution in [3.8, 4) is 0 Å². The van der Waals surface area contributed by atoms with E-state index in [0.29, 0.717) is 13.2 Å². The van der Waals surface area contributed by atoms with Gasteiger partial charge in [-0.3, -0.25) is 9.63 Å². The van der Waals surface area contributed by atoms with Gasteiger partial charge in [0.2, 0.25) is 0 Å². The van der Waals surface area contributed by atoms with Crippen LogP contribution < -0.4 is 10.8 Å². The first-order valence-electron chi connectivity index (χ1n) is 9.05. The van der Waals surface area contributed by atoms with Gasteiger partial charge in [0, 0.05) is 12.6 Å². The number of piperidine rings is 1.